The highest BCUT2D eigenvalue weighted by molar-refractivity contribution is 7.98. The minimum absolute atomic E-state index is 0.122. The molecule has 1 aliphatic heterocycles. The second kappa shape index (κ2) is 11.0. The highest BCUT2D eigenvalue weighted by Gasteiger charge is 2.25. The molecule has 192 valence electrons. The summed E-state index contributed by atoms with van der Waals surface area (Å²) < 4.78 is 7.70. The van der Waals surface area contributed by atoms with Gasteiger partial charge in [0.15, 0.2) is 16.7 Å². The fraction of sp³-hybridized carbons (Fsp3) is 0.185. The summed E-state index contributed by atoms with van der Waals surface area (Å²) in [6, 6.07) is 21.8. The number of hydrogen-bond donors (Lipinski definition) is 0. The Morgan fingerprint density at radius 2 is 1.79 bits per heavy atom. The van der Waals surface area contributed by atoms with Crippen LogP contribution in [0.15, 0.2) is 87.9 Å². The third-order valence-corrected chi connectivity index (χ3v) is 8.24. The molecule has 0 N–H and O–H groups in total. The summed E-state index contributed by atoms with van der Waals surface area (Å²) in [6.07, 6.45) is 1.45. The predicted molar refractivity (Wildman–Crippen MR) is 150 cm³/mol. The van der Waals surface area contributed by atoms with Crippen LogP contribution in [0.1, 0.15) is 16.4 Å². The highest BCUT2D eigenvalue weighted by Crippen LogP contribution is 2.31. The van der Waals surface area contributed by atoms with Crippen LogP contribution in [0.4, 0.5) is 5.69 Å². The van der Waals surface area contributed by atoms with Gasteiger partial charge >= 0.3 is 0 Å². The van der Waals surface area contributed by atoms with E-state index in [1.165, 1.54) is 18.0 Å². The van der Waals surface area contributed by atoms with E-state index >= 15 is 0 Å². The summed E-state index contributed by atoms with van der Waals surface area (Å²) in [4.78, 5) is 22.7. The third kappa shape index (κ3) is 5.20. The summed E-state index contributed by atoms with van der Waals surface area (Å²) in [6.45, 7) is 2.67. The van der Waals surface area contributed by atoms with Gasteiger partial charge in [0.1, 0.15) is 6.26 Å². The van der Waals surface area contributed by atoms with Crippen LogP contribution in [0.5, 0.6) is 0 Å². The van der Waals surface area contributed by atoms with Crippen LogP contribution in [0.25, 0.3) is 16.4 Å². The number of oxazole rings is 1. The number of piperazine rings is 1. The number of halogens is 1. The van der Waals surface area contributed by atoms with Gasteiger partial charge in [0.2, 0.25) is 5.89 Å². The topological polar surface area (TPSA) is 80.3 Å². The van der Waals surface area contributed by atoms with Gasteiger partial charge in [-0.2, -0.15) is 0 Å². The van der Waals surface area contributed by atoms with Crippen molar-refractivity contribution in [1.29, 1.82) is 0 Å². The number of thioether (sulfide) groups is 1. The maximum absolute atomic E-state index is 13.1. The molecule has 11 heteroatoms. The van der Waals surface area contributed by atoms with Gasteiger partial charge < -0.3 is 14.2 Å². The van der Waals surface area contributed by atoms with Crippen molar-refractivity contribution < 1.29 is 9.21 Å². The highest BCUT2D eigenvalue weighted by atomic mass is 35.5. The Balaban J connectivity index is 1.12. The second-order valence-electron chi connectivity index (χ2n) is 8.63. The molecule has 0 radical (unpaired) electrons. The van der Waals surface area contributed by atoms with E-state index in [0.29, 0.717) is 35.4 Å². The summed E-state index contributed by atoms with van der Waals surface area (Å²) >= 11 is 9.22. The van der Waals surface area contributed by atoms with E-state index < -0.39 is 0 Å². The molecule has 2 aromatic carbocycles. The smallest absolute Gasteiger partial charge is 0.275 e. The van der Waals surface area contributed by atoms with Gasteiger partial charge in [-0.15, -0.1) is 21.5 Å². The lowest BCUT2D eigenvalue weighted by Crippen LogP contribution is -2.48. The zero-order valence-electron chi connectivity index (χ0n) is 20.2. The van der Waals surface area contributed by atoms with Crippen molar-refractivity contribution in [3.8, 4) is 16.4 Å². The Morgan fingerprint density at radius 3 is 2.55 bits per heavy atom. The molecule has 1 saturated heterocycles. The number of anilines is 1. The molecule has 1 fully saturated rings. The normalized spacial score (nSPS) is 13.7. The van der Waals surface area contributed by atoms with E-state index in [4.69, 9.17) is 16.0 Å². The Hall–Kier alpha value is -3.60. The van der Waals surface area contributed by atoms with Gasteiger partial charge in [0.05, 0.1) is 10.6 Å². The number of carbonyl (C=O) groups is 1. The summed E-state index contributed by atoms with van der Waals surface area (Å²) in [7, 11) is 0. The molecule has 0 aliphatic carbocycles. The molecule has 38 heavy (non-hydrogen) atoms. The quantitative estimate of drug-likeness (QED) is 0.229. The molecule has 6 rings (SSSR count). The van der Waals surface area contributed by atoms with Crippen molar-refractivity contribution >= 4 is 46.3 Å². The van der Waals surface area contributed by atoms with Crippen LogP contribution in [-0.2, 0) is 5.75 Å². The molecule has 3 aromatic heterocycles. The number of rotatable bonds is 7. The van der Waals surface area contributed by atoms with Crippen molar-refractivity contribution in [2.75, 3.05) is 31.1 Å². The molecule has 5 aromatic rings. The number of hydrogen-bond acceptors (Lipinski definition) is 8. The standard InChI is InChI=1S/C27H23ClN6O2S2/c28-19-6-4-9-21(16-19)32-11-13-33(14-12-32)26(35)22-17-36-24(29-22)18-38-27-31-30-25(23-10-5-15-37-23)34(27)20-7-2-1-3-8-20/h1-10,15-17H,11-14,18H2. The predicted octanol–water partition coefficient (Wildman–Crippen LogP) is 5.89. The Morgan fingerprint density at radius 1 is 0.974 bits per heavy atom. The molecule has 1 aliphatic rings. The molecule has 0 atom stereocenters. The Kier molecular flexibility index (Phi) is 7.17. The molecule has 1 amide bonds. The Labute approximate surface area is 232 Å². The molecule has 8 nitrogen and oxygen atoms in total. The average Bonchev–Trinajstić information content (AvgIpc) is 3.73. The molecular weight excluding hydrogens is 540 g/mol. The molecule has 0 unspecified atom stereocenters. The van der Waals surface area contributed by atoms with Crippen molar-refractivity contribution in [2.24, 2.45) is 0 Å². The SMILES string of the molecule is O=C(c1coc(CSc2nnc(-c3cccs3)n2-c2ccccc2)n1)N1CCN(c2cccc(Cl)c2)CC1. The maximum Gasteiger partial charge on any atom is 0.275 e. The molecule has 4 heterocycles. The van der Waals surface area contributed by atoms with Crippen molar-refractivity contribution in [1.82, 2.24) is 24.6 Å². The van der Waals surface area contributed by atoms with Crippen LogP contribution in [0, 0.1) is 0 Å². The number of benzene rings is 2. The lowest BCUT2D eigenvalue weighted by molar-refractivity contribution is 0.0741. The van der Waals surface area contributed by atoms with E-state index in [1.807, 2.05) is 81.6 Å². The van der Waals surface area contributed by atoms with Crippen LogP contribution < -0.4 is 4.90 Å². The van der Waals surface area contributed by atoms with Gasteiger partial charge in [0.25, 0.3) is 5.91 Å². The van der Waals surface area contributed by atoms with E-state index in [1.54, 1.807) is 11.3 Å². The first kappa shape index (κ1) is 24.7. The van der Waals surface area contributed by atoms with Gasteiger partial charge in [-0.3, -0.25) is 9.36 Å². The zero-order chi connectivity index (χ0) is 25.9. The van der Waals surface area contributed by atoms with Crippen LogP contribution in [0.2, 0.25) is 5.02 Å². The average molecular weight is 563 g/mol. The number of amides is 1. The van der Waals surface area contributed by atoms with Crippen LogP contribution >= 0.6 is 34.7 Å². The Bertz CT molecular complexity index is 1530. The summed E-state index contributed by atoms with van der Waals surface area (Å²) in [5.74, 6) is 1.55. The van der Waals surface area contributed by atoms with E-state index in [-0.39, 0.29) is 5.91 Å². The zero-order valence-corrected chi connectivity index (χ0v) is 22.6. The number of carbonyl (C=O) groups excluding carboxylic acids is 1. The molecule has 0 saturated carbocycles. The summed E-state index contributed by atoms with van der Waals surface area (Å²) in [5, 5.41) is 12.3. The largest absolute Gasteiger partial charge is 0.447 e. The van der Waals surface area contributed by atoms with Gasteiger partial charge in [-0.1, -0.05) is 53.7 Å². The van der Waals surface area contributed by atoms with Gasteiger partial charge in [-0.25, -0.2) is 4.98 Å². The summed E-state index contributed by atoms with van der Waals surface area (Å²) in [5.41, 5.74) is 2.36. The minimum atomic E-state index is -0.122. The molecule has 0 bridgehead atoms. The number of para-hydroxylation sites is 1. The second-order valence-corrected chi connectivity index (χ2v) is 11.0. The van der Waals surface area contributed by atoms with E-state index in [0.717, 1.165) is 40.3 Å². The van der Waals surface area contributed by atoms with Crippen LogP contribution in [0.3, 0.4) is 0 Å². The van der Waals surface area contributed by atoms with E-state index in [2.05, 4.69) is 20.1 Å². The van der Waals surface area contributed by atoms with Crippen molar-refractivity contribution in [3.63, 3.8) is 0 Å². The minimum Gasteiger partial charge on any atom is -0.447 e. The van der Waals surface area contributed by atoms with Crippen LogP contribution in [-0.4, -0.2) is 56.7 Å². The monoisotopic (exact) mass is 562 g/mol. The first-order chi connectivity index (χ1) is 18.7. The van der Waals surface area contributed by atoms with Gasteiger partial charge in [0, 0.05) is 42.6 Å². The number of nitrogens with zero attached hydrogens (tertiary/aromatic N) is 6. The number of aromatic nitrogens is 4. The van der Waals surface area contributed by atoms with Crippen molar-refractivity contribution in [3.05, 3.63) is 95.0 Å². The fourth-order valence-electron chi connectivity index (χ4n) is 4.34. The third-order valence-electron chi connectivity index (χ3n) is 6.23. The lowest BCUT2D eigenvalue weighted by Gasteiger charge is -2.35. The lowest BCUT2D eigenvalue weighted by atomic mass is 10.2. The van der Waals surface area contributed by atoms with Gasteiger partial charge in [-0.05, 0) is 41.8 Å². The molecule has 0 spiro atoms. The fourth-order valence-corrected chi connectivity index (χ4v) is 6.03. The van der Waals surface area contributed by atoms with Crippen molar-refractivity contribution in [2.45, 2.75) is 10.9 Å². The first-order valence-electron chi connectivity index (χ1n) is 12.1. The number of thiophene rings is 1. The first-order valence-corrected chi connectivity index (χ1v) is 14.3. The maximum atomic E-state index is 13.1. The van der Waals surface area contributed by atoms with E-state index in [9.17, 15) is 4.79 Å². The molecular formula is C27H23ClN6O2S2.